The molecule has 114 valence electrons. The van der Waals surface area contributed by atoms with E-state index in [1.54, 1.807) is 0 Å². The Morgan fingerprint density at radius 2 is 1.84 bits per heavy atom. The third-order valence-corrected chi connectivity index (χ3v) is 3.25. The van der Waals surface area contributed by atoms with Gasteiger partial charge in [-0.1, -0.05) is 20.8 Å². The number of rotatable bonds is 9. The van der Waals surface area contributed by atoms with Crippen molar-refractivity contribution >= 4 is 5.91 Å². The van der Waals surface area contributed by atoms with Crippen LogP contribution in [0.15, 0.2) is 0 Å². The lowest BCUT2D eigenvalue weighted by Crippen LogP contribution is -2.49. The van der Waals surface area contributed by atoms with E-state index in [2.05, 4.69) is 64.2 Å². The van der Waals surface area contributed by atoms with Crippen molar-refractivity contribution in [2.24, 2.45) is 5.92 Å². The molecule has 4 nitrogen and oxygen atoms in total. The summed E-state index contributed by atoms with van der Waals surface area (Å²) in [4.78, 5) is 14.1. The fourth-order valence-corrected chi connectivity index (χ4v) is 1.98. The van der Waals surface area contributed by atoms with Crippen LogP contribution >= 0.6 is 0 Å². The summed E-state index contributed by atoms with van der Waals surface area (Å²) in [6.45, 7) is 12.0. The van der Waals surface area contributed by atoms with Gasteiger partial charge in [0.1, 0.15) is 0 Å². The molecule has 1 amide bonds. The molecule has 2 N–H and O–H groups in total. The van der Waals surface area contributed by atoms with Crippen LogP contribution in [0, 0.1) is 5.92 Å². The maximum atomic E-state index is 11.9. The van der Waals surface area contributed by atoms with E-state index >= 15 is 0 Å². The monoisotopic (exact) mass is 271 g/mol. The standard InChI is InChI=1S/C15H33N3O/c1-8-15(4,5)17-14(19)10-16-13(9-12(2)3)11-18(6)7/h12-13,16H,8-11H2,1-7H3,(H,17,19). The number of hydrogen-bond acceptors (Lipinski definition) is 3. The van der Waals surface area contributed by atoms with Crippen molar-refractivity contribution in [2.75, 3.05) is 27.2 Å². The van der Waals surface area contributed by atoms with E-state index in [-0.39, 0.29) is 11.4 Å². The molecule has 0 aromatic rings. The maximum absolute atomic E-state index is 11.9. The SMILES string of the molecule is CCC(C)(C)NC(=O)CNC(CC(C)C)CN(C)C. The fraction of sp³-hybridized carbons (Fsp3) is 0.933. The highest BCUT2D eigenvalue weighted by Crippen LogP contribution is 2.07. The van der Waals surface area contributed by atoms with Crippen LogP contribution in [0.5, 0.6) is 0 Å². The molecule has 0 spiro atoms. The molecule has 0 heterocycles. The first kappa shape index (κ1) is 18.4. The molecule has 0 bridgehead atoms. The fourth-order valence-electron chi connectivity index (χ4n) is 1.98. The zero-order chi connectivity index (χ0) is 15.1. The van der Waals surface area contributed by atoms with Gasteiger partial charge in [0.2, 0.25) is 5.91 Å². The summed E-state index contributed by atoms with van der Waals surface area (Å²) < 4.78 is 0. The first-order chi connectivity index (χ1) is 8.66. The average molecular weight is 271 g/mol. The molecule has 0 aromatic heterocycles. The Morgan fingerprint density at radius 3 is 2.26 bits per heavy atom. The molecule has 0 rings (SSSR count). The number of amides is 1. The van der Waals surface area contributed by atoms with Crippen LogP contribution in [0.1, 0.15) is 47.5 Å². The zero-order valence-corrected chi connectivity index (χ0v) is 13.8. The van der Waals surface area contributed by atoms with Crippen molar-refractivity contribution in [3.8, 4) is 0 Å². The van der Waals surface area contributed by atoms with Gasteiger partial charge in [-0.3, -0.25) is 4.79 Å². The average Bonchev–Trinajstić information content (AvgIpc) is 2.24. The maximum Gasteiger partial charge on any atom is 0.234 e. The summed E-state index contributed by atoms with van der Waals surface area (Å²) in [7, 11) is 4.13. The lowest BCUT2D eigenvalue weighted by atomic mass is 10.0. The van der Waals surface area contributed by atoms with E-state index < -0.39 is 0 Å². The molecule has 0 aliphatic carbocycles. The molecule has 4 heteroatoms. The van der Waals surface area contributed by atoms with Crippen LogP contribution in [0.4, 0.5) is 0 Å². The molecular weight excluding hydrogens is 238 g/mol. The minimum atomic E-state index is -0.117. The molecule has 1 unspecified atom stereocenters. The largest absolute Gasteiger partial charge is 0.350 e. The molecule has 0 aliphatic rings. The van der Waals surface area contributed by atoms with Gasteiger partial charge < -0.3 is 15.5 Å². The van der Waals surface area contributed by atoms with Gasteiger partial charge in [0.15, 0.2) is 0 Å². The summed E-state index contributed by atoms with van der Waals surface area (Å²) >= 11 is 0. The highest BCUT2D eigenvalue weighted by Gasteiger charge is 2.19. The lowest BCUT2D eigenvalue weighted by molar-refractivity contribution is -0.122. The summed E-state index contributed by atoms with van der Waals surface area (Å²) in [6.07, 6.45) is 2.02. The van der Waals surface area contributed by atoms with Crippen molar-refractivity contribution in [3.63, 3.8) is 0 Å². The van der Waals surface area contributed by atoms with Crippen molar-refractivity contribution < 1.29 is 4.79 Å². The van der Waals surface area contributed by atoms with Crippen LogP contribution in [-0.2, 0) is 4.79 Å². The molecule has 1 atom stereocenters. The van der Waals surface area contributed by atoms with Gasteiger partial charge in [0.25, 0.3) is 0 Å². The number of carbonyl (C=O) groups is 1. The minimum Gasteiger partial charge on any atom is -0.350 e. The Balaban J connectivity index is 4.19. The van der Waals surface area contributed by atoms with E-state index in [1.165, 1.54) is 0 Å². The Labute approximate surface area is 119 Å². The summed E-state index contributed by atoms with van der Waals surface area (Å²) in [6, 6.07) is 0.366. The summed E-state index contributed by atoms with van der Waals surface area (Å²) in [5.41, 5.74) is -0.117. The van der Waals surface area contributed by atoms with Crippen molar-refractivity contribution in [2.45, 2.75) is 59.0 Å². The van der Waals surface area contributed by atoms with E-state index in [0.717, 1.165) is 19.4 Å². The lowest BCUT2D eigenvalue weighted by Gasteiger charge is -2.27. The molecule has 0 saturated heterocycles. The van der Waals surface area contributed by atoms with Gasteiger partial charge in [-0.15, -0.1) is 0 Å². The highest BCUT2D eigenvalue weighted by molar-refractivity contribution is 5.78. The van der Waals surface area contributed by atoms with Gasteiger partial charge in [0.05, 0.1) is 6.54 Å². The number of nitrogens with one attached hydrogen (secondary N) is 2. The second-order valence-corrected chi connectivity index (χ2v) is 6.76. The van der Waals surface area contributed by atoms with Crippen LogP contribution in [-0.4, -0.2) is 49.6 Å². The number of nitrogens with zero attached hydrogens (tertiary/aromatic N) is 1. The van der Waals surface area contributed by atoms with E-state index in [0.29, 0.717) is 18.5 Å². The normalized spacial score (nSPS) is 13.9. The third kappa shape index (κ3) is 9.91. The Hall–Kier alpha value is -0.610. The first-order valence-electron chi connectivity index (χ1n) is 7.35. The quantitative estimate of drug-likeness (QED) is 0.673. The van der Waals surface area contributed by atoms with Crippen LogP contribution in [0.3, 0.4) is 0 Å². The van der Waals surface area contributed by atoms with Gasteiger partial charge in [0, 0.05) is 18.1 Å². The zero-order valence-electron chi connectivity index (χ0n) is 13.8. The highest BCUT2D eigenvalue weighted by atomic mass is 16.2. The number of likely N-dealkylation sites (N-methyl/N-ethyl adjacent to an activating group) is 1. The molecule has 0 fully saturated rings. The molecule has 0 saturated carbocycles. The second kappa shape index (κ2) is 8.54. The Bertz CT molecular complexity index is 252. The molecule has 19 heavy (non-hydrogen) atoms. The van der Waals surface area contributed by atoms with Crippen LogP contribution in [0.25, 0.3) is 0 Å². The van der Waals surface area contributed by atoms with Crippen molar-refractivity contribution in [1.29, 1.82) is 0 Å². The van der Waals surface area contributed by atoms with Gasteiger partial charge in [-0.2, -0.15) is 0 Å². The third-order valence-electron chi connectivity index (χ3n) is 3.25. The first-order valence-corrected chi connectivity index (χ1v) is 7.35. The van der Waals surface area contributed by atoms with Crippen LogP contribution in [0.2, 0.25) is 0 Å². The van der Waals surface area contributed by atoms with E-state index in [1.807, 2.05) is 0 Å². The van der Waals surface area contributed by atoms with Gasteiger partial charge in [-0.25, -0.2) is 0 Å². The Kier molecular flexibility index (Phi) is 8.26. The number of hydrogen-bond donors (Lipinski definition) is 2. The van der Waals surface area contributed by atoms with Gasteiger partial charge >= 0.3 is 0 Å². The smallest absolute Gasteiger partial charge is 0.234 e. The number of carbonyl (C=O) groups excluding carboxylic acids is 1. The van der Waals surface area contributed by atoms with Crippen LogP contribution < -0.4 is 10.6 Å². The topological polar surface area (TPSA) is 44.4 Å². The molecule has 0 aromatic carbocycles. The second-order valence-electron chi connectivity index (χ2n) is 6.76. The summed E-state index contributed by atoms with van der Waals surface area (Å²) in [5, 5.41) is 6.43. The predicted molar refractivity (Wildman–Crippen MR) is 82.3 cm³/mol. The van der Waals surface area contributed by atoms with Crippen molar-refractivity contribution in [3.05, 3.63) is 0 Å². The molecule has 0 aliphatic heterocycles. The summed E-state index contributed by atoms with van der Waals surface area (Å²) in [5.74, 6) is 0.715. The predicted octanol–water partition coefficient (Wildman–Crippen LogP) is 1.86. The van der Waals surface area contributed by atoms with Crippen molar-refractivity contribution in [1.82, 2.24) is 15.5 Å². The molecular formula is C15H33N3O. The Morgan fingerprint density at radius 1 is 1.26 bits per heavy atom. The molecule has 0 radical (unpaired) electrons. The van der Waals surface area contributed by atoms with Gasteiger partial charge in [-0.05, 0) is 46.7 Å². The van der Waals surface area contributed by atoms with E-state index in [4.69, 9.17) is 0 Å². The van der Waals surface area contributed by atoms with E-state index in [9.17, 15) is 4.79 Å². The minimum absolute atomic E-state index is 0.0827.